The van der Waals surface area contributed by atoms with Gasteiger partial charge >= 0.3 is 0 Å². The molecule has 0 saturated heterocycles. The zero-order valence-electron chi connectivity index (χ0n) is 13.2. The van der Waals surface area contributed by atoms with Gasteiger partial charge in [0.2, 0.25) is 17.7 Å². The molecule has 3 N–H and O–H groups in total. The van der Waals surface area contributed by atoms with Gasteiger partial charge in [-0.2, -0.15) is 0 Å². The standard InChI is InChI=1S/C16H23N3O3/c1-16(2,3)15(22)19-11-14(21)18-10-13(20)17-9-12-7-5-4-6-8-12/h4-8H,9-11H2,1-3H3,(H,17,20)(H,18,21)(H,19,22). The molecular formula is C16H23N3O3. The Bertz CT molecular complexity index is 521. The van der Waals surface area contributed by atoms with Crippen LogP contribution >= 0.6 is 0 Å². The van der Waals surface area contributed by atoms with Crippen LogP contribution in [-0.4, -0.2) is 30.8 Å². The Morgan fingerprint density at radius 2 is 1.41 bits per heavy atom. The SMILES string of the molecule is CC(C)(C)C(=O)NCC(=O)NCC(=O)NCc1ccccc1. The van der Waals surface area contributed by atoms with Crippen LogP contribution in [0.25, 0.3) is 0 Å². The molecule has 6 nitrogen and oxygen atoms in total. The molecule has 0 spiro atoms. The van der Waals surface area contributed by atoms with E-state index >= 15 is 0 Å². The topological polar surface area (TPSA) is 87.3 Å². The Morgan fingerprint density at radius 3 is 2.00 bits per heavy atom. The van der Waals surface area contributed by atoms with E-state index in [1.165, 1.54) is 0 Å². The maximum Gasteiger partial charge on any atom is 0.239 e. The number of carbonyl (C=O) groups is 3. The fraction of sp³-hybridized carbons (Fsp3) is 0.438. The lowest BCUT2D eigenvalue weighted by molar-refractivity contribution is -0.131. The molecule has 3 amide bonds. The first kappa shape index (κ1) is 17.7. The summed E-state index contributed by atoms with van der Waals surface area (Å²) in [6, 6.07) is 9.49. The highest BCUT2D eigenvalue weighted by atomic mass is 16.2. The first-order chi connectivity index (χ1) is 10.3. The van der Waals surface area contributed by atoms with Crippen molar-refractivity contribution in [1.82, 2.24) is 16.0 Å². The van der Waals surface area contributed by atoms with Crippen LogP contribution in [0.1, 0.15) is 26.3 Å². The number of hydrogen-bond acceptors (Lipinski definition) is 3. The Balaban J connectivity index is 2.21. The molecule has 0 heterocycles. The minimum Gasteiger partial charge on any atom is -0.350 e. The summed E-state index contributed by atoms with van der Waals surface area (Å²) in [7, 11) is 0. The lowest BCUT2D eigenvalue weighted by Gasteiger charge is -2.17. The van der Waals surface area contributed by atoms with Gasteiger partial charge in [0.05, 0.1) is 13.1 Å². The molecule has 1 aromatic rings. The summed E-state index contributed by atoms with van der Waals surface area (Å²) in [4.78, 5) is 34.7. The number of benzene rings is 1. The van der Waals surface area contributed by atoms with E-state index in [2.05, 4.69) is 16.0 Å². The molecule has 0 aliphatic rings. The molecular weight excluding hydrogens is 282 g/mol. The highest BCUT2D eigenvalue weighted by Crippen LogP contribution is 2.11. The minimum absolute atomic E-state index is 0.114. The molecule has 0 aliphatic carbocycles. The Kier molecular flexibility index (Phi) is 6.56. The fourth-order valence-corrected chi connectivity index (χ4v) is 1.53. The highest BCUT2D eigenvalue weighted by molar-refractivity contribution is 5.89. The highest BCUT2D eigenvalue weighted by Gasteiger charge is 2.21. The summed E-state index contributed by atoms with van der Waals surface area (Å²) in [5.74, 6) is -0.886. The van der Waals surface area contributed by atoms with Gasteiger partial charge in [0.1, 0.15) is 0 Å². The van der Waals surface area contributed by atoms with Gasteiger partial charge in [-0.1, -0.05) is 51.1 Å². The van der Waals surface area contributed by atoms with Crippen LogP contribution < -0.4 is 16.0 Å². The van der Waals surface area contributed by atoms with Crippen LogP contribution in [0.4, 0.5) is 0 Å². The number of amides is 3. The molecule has 1 aromatic carbocycles. The normalized spacial score (nSPS) is 10.7. The lowest BCUT2D eigenvalue weighted by Crippen LogP contribution is -2.44. The number of carbonyl (C=O) groups excluding carboxylic acids is 3. The molecule has 0 unspecified atom stereocenters. The summed E-state index contributed by atoms with van der Waals surface area (Å²) in [6.45, 7) is 5.45. The molecule has 0 aromatic heterocycles. The smallest absolute Gasteiger partial charge is 0.239 e. The zero-order chi connectivity index (χ0) is 16.6. The largest absolute Gasteiger partial charge is 0.350 e. The summed E-state index contributed by atoms with van der Waals surface area (Å²) in [5, 5.41) is 7.68. The van der Waals surface area contributed by atoms with E-state index < -0.39 is 11.3 Å². The van der Waals surface area contributed by atoms with E-state index in [1.54, 1.807) is 20.8 Å². The molecule has 0 radical (unpaired) electrons. The van der Waals surface area contributed by atoms with E-state index in [0.29, 0.717) is 6.54 Å². The Labute approximate surface area is 130 Å². The summed E-state index contributed by atoms with van der Waals surface area (Å²) >= 11 is 0. The van der Waals surface area contributed by atoms with Crippen molar-refractivity contribution in [3.63, 3.8) is 0 Å². The maximum absolute atomic E-state index is 11.6. The van der Waals surface area contributed by atoms with Crippen LogP contribution in [0.2, 0.25) is 0 Å². The first-order valence-corrected chi connectivity index (χ1v) is 7.14. The molecule has 0 atom stereocenters. The summed E-state index contributed by atoms with van der Waals surface area (Å²) < 4.78 is 0. The second kappa shape index (κ2) is 8.17. The predicted octanol–water partition coefficient (Wildman–Crippen LogP) is 0.581. The van der Waals surface area contributed by atoms with Crippen molar-refractivity contribution in [2.75, 3.05) is 13.1 Å². The van der Waals surface area contributed by atoms with Crippen molar-refractivity contribution in [1.29, 1.82) is 0 Å². The predicted molar refractivity (Wildman–Crippen MR) is 83.8 cm³/mol. The molecule has 0 fully saturated rings. The fourth-order valence-electron chi connectivity index (χ4n) is 1.53. The van der Waals surface area contributed by atoms with Crippen molar-refractivity contribution in [2.24, 2.45) is 5.41 Å². The van der Waals surface area contributed by atoms with E-state index in [0.717, 1.165) is 5.56 Å². The maximum atomic E-state index is 11.6. The summed E-state index contributed by atoms with van der Waals surface area (Å²) in [5.41, 5.74) is 0.437. The zero-order valence-corrected chi connectivity index (χ0v) is 13.2. The average molecular weight is 305 g/mol. The third kappa shape index (κ3) is 6.88. The van der Waals surface area contributed by atoms with Crippen molar-refractivity contribution in [2.45, 2.75) is 27.3 Å². The minimum atomic E-state index is -0.548. The van der Waals surface area contributed by atoms with Crippen LogP contribution in [-0.2, 0) is 20.9 Å². The van der Waals surface area contributed by atoms with Crippen LogP contribution in [0.5, 0.6) is 0 Å². The van der Waals surface area contributed by atoms with E-state index in [9.17, 15) is 14.4 Å². The molecule has 0 aliphatic heterocycles. The molecule has 0 saturated carbocycles. The summed E-state index contributed by atoms with van der Waals surface area (Å²) in [6.07, 6.45) is 0. The van der Waals surface area contributed by atoms with E-state index in [-0.39, 0.29) is 24.9 Å². The molecule has 6 heteroatoms. The molecule has 0 bridgehead atoms. The van der Waals surface area contributed by atoms with Gasteiger partial charge in [-0.3, -0.25) is 14.4 Å². The van der Waals surface area contributed by atoms with Gasteiger partial charge < -0.3 is 16.0 Å². The van der Waals surface area contributed by atoms with Gasteiger partial charge in [-0.05, 0) is 5.56 Å². The third-order valence-electron chi connectivity index (χ3n) is 2.87. The van der Waals surface area contributed by atoms with E-state index in [1.807, 2.05) is 30.3 Å². The number of nitrogens with one attached hydrogen (secondary N) is 3. The van der Waals surface area contributed by atoms with E-state index in [4.69, 9.17) is 0 Å². The van der Waals surface area contributed by atoms with Crippen LogP contribution in [0, 0.1) is 5.41 Å². The van der Waals surface area contributed by atoms with Gasteiger partial charge in [-0.15, -0.1) is 0 Å². The van der Waals surface area contributed by atoms with Crippen molar-refractivity contribution < 1.29 is 14.4 Å². The van der Waals surface area contributed by atoms with Crippen molar-refractivity contribution in [3.05, 3.63) is 35.9 Å². The molecule has 22 heavy (non-hydrogen) atoms. The van der Waals surface area contributed by atoms with Gasteiger partial charge in [0.25, 0.3) is 0 Å². The van der Waals surface area contributed by atoms with Crippen molar-refractivity contribution in [3.8, 4) is 0 Å². The number of hydrogen-bond donors (Lipinski definition) is 3. The molecule has 120 valence electrons. The first-order valence-electron chi connectivity index (χ1n) is 7.14. The molecule has 1 rings (SSSR count). The average Bonchev–Trinajstić information content (AvgIpc) is 2.48. The van der Waals surface area contributed by atoms with Gasteiger partial charge in [0, 0.05) is 12.0 Å². The Morgan fingerprint density at radius 1 is 0.864 bits per heavy atom. The lowest BCUT2D eigenvalue weighted by atomic mass is 9.96. The van der Waals surface area contributed by atoms with Crippen LogP contribution in [0.15, 0.2) is 30.3 Å². The van der Waals surface area contributed by atoms with Crippen LogP contribution in [0.3, 0.4) is 0 Å². The monoisotopic (exact) mass is 305 g/mol. The quantitative estimate of drug-likeness (QED) is 0.718. The van der Waals surface area contributed by atoms with Gasteiger partial charge in [0.15, 0.2) is 0 Å². The van der Waals surface area contributed by atoms with Crippen molar-refractivity contribution >= 4 is 17.7 Å². The van der Waals surface area contributed by atoms with Gasteiger partial charge in [-0.25, -0.2) is 0 Å². The second-order valence-corrected chi connectivity index (χ2v) is 5.97. The second-order valence-electron chi connectivity index (χ2n) is 5.97. The number of rotatable bonds is 6. The third-order valence-corrected chi connectivity index (χ3v) is 2.87. The Hall–Kier alpha value is -2.37.